The van der Waals surface area contributed by atoms with Gasteiger partial charge in [-0.25, -0.2) is 0 Å². The molecule has 2 aromatic rings. The van der Waals surface area contributed by atoms with Gasteiger partial charge >= 0.3 is 0 Å². The summed E-state index contributed by atoms with van der Waals surface area (Å²) < 4.78 is 15.8. The van der Waals surface area contributed by atoms with Crippen LogP contribution in [0.5, 0.6) is 11.5 Å². The second-order valence-corrected chi connectivity index (χ2v) is 4.45. The van der Waals surface area contributed by atoms with Crippen molar-refractivity contribution in [3.05, 3.63) is 41.3 Å². The number of benzene rings is 1. The van der Waals surface area contributed by atoms with Crippen LogP contribution in [0.2, 0.25) is 0 Å². The van der Waals surface area contributed by atoms with E-state index in [4.69, 9.17) is 14.0 Å². The number of ether oxygens (including phenoxy) is 2. The highest BCUT2D eigenvalue weighted by atomic mass is 16.5. The van der Waals surface area contributed by atoms with Crippen LogP contribution in [0.3, 0.4) is 0 Å². The van der Waals surface area contributed by atoms with Crippen LogP contribution in [0.25, 0.3) is 0 Å². The molecule has 1 N–H and O–H groups in total. The molecule has 0 aliphatic rings. The van der Waals surface area contributed by atoms with Crippen molar-refractivity contribution < 1.29 is 14.0 Å². The van der Waals surface area contributed by atoms with E-state index in [2.05, 4.69) is 10.5 Å². The number of hydrogen-bond donors (Lipinski definition) is 1. The van der Waals surface area contributed by atoms with Crippen molar-refractivity contribution in [2.75, 3.05) is 13.7 Å². The van der Waals surface area contributed by atoms with Crippen LogP contribution in [-0.2, 0) is 13.1 Å². The molecule has 0 aliphatic heterocycles. The Morgan fingerprint density at radius 2 is 2.05 bits per heavy atom. The summed E-state index contributed by atoms with van der Waals surface area (Å²) in [6, 6.07) is 7.85. The van der Waals surface area contributed by atoms with Gasteiger partial charge in [0.05, 0.1) is 19.4 Å². The van der Waals surface area contributed by atoms with Crippen molar-refractivity contribution in [1.29, 1.82) is 0 Å². The molecule has 2 rings (SSSR count). The fraction of sp³-hybridized carbons (Fsp3) is 0.400. The van der Waals surface area contributed by atoms with Gasteiger partial charge in [0, 0.05) is 19.2 Å². The quantitative estimate of drug-likeness (QED) is 0.842. The molecule has 1 aromatic heterocycles. The Kier molecular flexibility index (Phi) is 5.01. The largest absolute Gasteiger partial charge is 0.493 e. The van der Waals surface area contributed by atoms with Gasteiger partial charge < -0.3 is 19.3 Å². The number of aryl methyl sites for hydroxylation is 1. The highest BCUT2D eigenvalue weighted by molar-refractivity contribution is 5.42. The summed E-state index contributed by atoms with van der Waals surface area (Å²) >= 11 is 0. The van der Waals surface area contributed by atoms with E-state index in [-0.39, 0.29) is 0 Å². The van der Waals surface area contributed by atoms with Crippen molar-refractivity contribution in [3.63, 3.8) is 0 Å². The molecule has 1 heterocycles. The molecule has 0 aliphatic carbocycles. The summed E-state index contributed by atoms with van der Waals surface area (Å²) in [4.78, 5) is 0. The van der Waals surface area contributed by atoms with Gasteiger partial charge in [-0.15, -0.1) is 0 Å². The Hall–Kier alpha value is -2.01. The minimum absolute atomic E-state index is 0.624. The van der Waals surface area contributed by atoms with Crippen molar-refractivity contribution in [3.8, 4) is 11.5 Å². The second kappa shape index (κ2) is 6.96. The zero-order chi connectivity index (χ0) is 14.4. The average molecular weight is 276 g/mol. The highest BCUT2D eigenvalue weighted by Gasteiger charge is 2.05. The first-order chi connectivity index (χ1) is 9.72. The zero-order valence-electron chi connectivity index (χ0n) is 12.1. The van der Waals surface area contributed by atoms with E-state index in [1.807, 2.05) is 38.1 Å². The summed E-state index contributed by atoms with van der Waals surface area (Å²) in [6.45, 7) is 5.86. The molecule has 0 amide bonds. The number of nitrogens with one attached hydrogen (secondary N) is 1. The van der Waals surface area contributed by atoms with Crippen molar-refractivity contribution in [2.45, 2.75) is 26.9 Å². The van der Waals surface area contributed by atoms with Crippen LogP contribution in [-0.4, -0.2) is 18.9 Å². The molecule has 0 saturated carbocycles. The summed E-state index contributed by atoms with van der Waals surface area (Å²) in [5.41, 5.74) is 2.03. The van der Waals surface area contributed by atoms with Gasteiger partial charge in [-0.2, -0.15) is 0 Å². The van der Waals surface area contributed by atoms with Gasteiger partial charge in [0.25, 0.3) is 0 Å². The fourth-order valence-corrected chi connectivity index (χ4v) is 1.93. The summed E-state index contributed by atoms with van der Waals surface area (Å²) in [5, 5.41) is 7.25. The van der Waals surface area contributed by atoms with Crippen LogP contribution in [0.4, 0.5) is 0 Å². The second-order valence-electron chi connectivity index (χ2n) is 4.45. The third kappa shape index (κ3) is 3.74. The number of hydrogen-bond acceptors (Lipinski definition) is 5. The van der Waals surface area contributed by atoms with E-state index in [1.54, 1.807) is 7.11 Å². The Balaban J connectivity index is 1.92. The monoisotopic (exact) mass is 276 g/mol. The maximum Gasteiger partial charge on any atom is 0.161 e. The van der Waals surface area contributed by atoms with E-state index < -0.39 is 0 Å². The number of nitrogens with zero attached hydrogens (tertiary/aromatic N) is 1. The topological polar surface area (TPSA) is 56.5 Å². The third-order valence-corrected chi connectivity index (χ3v) is 2.84. The van der Waals surface area contributed by atoms with Gasteiger partial charge in [0.1, 0.15) is 5.76 Å². The van der Waals surface area contributed by atoms with Crippen LogP contribution in [0.1, 0.15) is 23.9 Å². The molecule has 0 saturated heterocycles. The van der Waals surface area contributed by atoms with Crippen molar-refractivity contribution in [1.82, 2.24) is 10.5 Å². The average Bonchev–Trinajstić information content (AvgIpc) is 2.86. The Morgan fingerprint density at radius 1 is 1.20 bits per heavy atom. The van der Waals surface area contributed by atoms with Crippen molar-refractivity contribution >= 4 is 0 Å². The number of aromatic nitrogens is 1. The van der Waals surface area contributed by atoms with Crippen LogP contribution in [0, 0.1) is 6.92 Å². The molecule has 0 radical (unpaired) electrons. The highest BCUT2D eigenvalue weighted by Crippen LogP contribution is 2.27. The van der Waals surface area contributed by atoms with Gasteiger partial charge in [0.2, 0.25) is 0 Å². The molecule has 108 valence electrons. The van der Waals surface area contributed by atoms with Crippen molar-refractivity contribution in [2.24, 2.45) is 0 Å². The Morgan fingerprint density at radius 3 is 2.70 bits per heavy atom. The predicted octanol–water partition coefficient (Wildman–Crippen LogP) is 2.68. The lowest BCUT2D eigenvalue weighted by molar-refractivity contribution is 0.310. The van der Waals surface area contributed by atoms with Gasteiger partial charge in [-0.1, -0.05) is 11.2 Å². The molecule has 5 nitrogen and oxygen atoms in total. The van der Waals surface area contributed by atoms with E-state index >= 15 is 0 Å². The minimum atomic E-state index is 0.624. The minimum Gasteiger partial charge on any atom is -0.493 e. The van der Waals surface area contributed by atoms with Crippen LogP contribution in [0.15, 0.2) is 28.8 Å². The smallest absolute Gasteiger partial charge is 0.161 e. The van der Waals surface area contributed by atoms with E-state index in [0.717, 1.165) is 35.1 Å². The standard InChI is InChI=1S/C15H20N2O3/c1-4-19-14-6-5-12(8-15(14)18-3)9-16-10-13-7-11(2)20-17-13/h5-8,16H,4,9-10H2,1-3H3. The first kappa shape index (κ1) is 14.4. The van der Waals surface area contributed by atoms with Crippen LogP contribution < -0.4 is 14.8 Å². The molecule has 0 unspecified atom stereocenters. The molecule has 0 bridgehead atoms. The van der Waals surface area contributed by atoms with E-state index in [0.29, 0.717) is 13.2 Å². The molecule has 1 aromatic carbocycles. The molecule has 0 atom stereocenters. The lowest BCUT2D eigenvalue weighted by Crippen LogP contribution is -2.13. The number of methoxy groups -OCH3 is 1. The fourth-order valence-electron chi connectivity index (χ4n) is 1.93. The van der Waals surface area contributed by atoms with Gasteiger partial charge in [0.15, 0.2) is 11.5 Å². The SMILES string of the molecule is CCOc1ccc(CNCc2cc(C)on2)cc1OC. The predicted molar refractivity (Wildman–Crippen MR) is 75.9 cm³/mol. The molecule has 0 spiro atoms. The van der Waals surface area contributed by atoms with Gasteiger partial charge in [-0.3, -0.25) is 0 Å². The molecule has 5 heteroatoms. The van der Waals surface area contributed by atoms with E-state index in [9.17, 15) is 0 Å². The third-order valence-electron chi connectivity index (χ3n) is 2.84. The first-order valence-corrected chi connectivity index (χ1v) is 6.65. The summed E-state index contributed by atoms with van der Waals surface area (Å²) in [7, 11) is 1.65. The Labute approximate surface area is 118 Å². The summed E-state index contributed by atoms with van der Waals surface area (Å²) in [5.74, 6) is 2.35. The van der Waals surface area contributed by atoms with E-state index in [1.165, 1.54) is 0 Å². The lowest BCUT2D eigenvalue weighted by Gasteiger charge is -2.11. The Bertz CT molecular complexity index is 552. The summed E-state index contributed by atoms with van der Waals surface area (Å²) in [6.07, 6.45) is 0. The van der Waals surface area contributed by atoms with Crippen LogP contribution >= 0.6 is 0 Å². The number of rotatable bonds is 7. The molecular formula is C15H20N2O3. The lowest BCUT2D eigenvalue weighted by atomic mass is 10.2. The molecule has 20 heavy (non-hydrogen) atoms. The zero-order valence-corrected chi connectivity index (χ0v) is 12.1. The molecular weight excluding hydrogens is 256 g/mol. The first-order valence-electron chi connectivity index (χ1n) is 6.65. The normalized spacial score (nSPS) is 10.6. The maximum absolute atomic E-state index is 5.49. The van der Waals surface area contributed by atoms with Gasteiger partial charge in [-0.05, 0) is 31.5 Å². The maximum atomic E-state index is 5.49. The molecule has 0 fully saturated rings.